The third-order valence-corrected chi connectivity index (χ3v) is 3.03. The summed E-state index contributed by atoms with van der Waals surface area (Å²) in [4.78, 5) is 43.5. The number of hydrazone groups is 1. The first-order chi connectivity index (χ1) is 12.8. The maximum Gasteiger partial charge on any atom is 0.311 e. The van der Waals surface area contributed by atoms with Crippen LogP contribution in [0.25, 0.3) is 0 Å². The number of esters is 2. The second-order valence-corrected chi connectivity index (χ2v) is 4.97. The van der Waals surface area contributed by atoms with Crippen LogP contribution in [0.4, 0.5) is 17.1 Å². The zero-order valence-electron chi connectivity index (χ0n) is 14.7. The standard InChI is InChI=1S/C15H18N4O8/c1-3-26-14(20)7-10(8-15(21)27-4-2)16-17-12-6-5-11(18(22)23)9-13(12)19(24)25/h5-6,9,17H,3-4,7-8H2,1-2H3. The Kier molecular flexibility index (Phi) is 8.29. The van der Waals surface area contributed by atoms with Crippen LogP contribution in [0.15, 0.2) is 23.3 Å². The van der Waals surface area contributed by atoms with E-state index in [2.05, 4.69) is 10.5 Å². The highest BCUT2D eigenvalue weighted by atomic mass is 16.6. The lowest BCUT2D eigenvalue weighted by Crippen LogP contribution is -2.18. The van der Waals surface area contributed by atoms with Crippen molar-refractivity contribution in [3.8, 4) is 0 Å². The van der Waals surface area contributed by atoms with Crippen LogP contribution in [-0.2, 0) is 19.1 Å². The molecular weight excluding hydrogens is 364 g/mol. The van der Waals surface area contributed by atoms with E-state index in [0.717, 1.165) is 18.2 Å². The summed E-state index contributed by atoms with van der Waals surface area (Å²) in [6.45, 7) is 3.48. The number of nitro benzene ring substituents is 2. The number of ether oxygens (including phenoxy) is 2. The molecule has 12 nitrogen and oxygen atoms in total. The first-order valence-corrected chi connectivity index (χ1v) is 7.84. The third-order valence-electron chi connectivity index (χ3n) is 3.03. The van der Waals surface area contributed by atoms with E-state index in [1.54, 1.807) is 13.8 Å². The lowest BCUT2D eigenvalue weighted by molar-refractivity contribution is -0.393. The smallest absolute Gasteiger partial charge is 0.311 e. The van der Waals surface area contributed by atoms with E-state index in [1.807, 2.05) is 0 Å². The molecule has 1 N–H and O–H groups in total. The van der Waals surface area contributed by atoms with Gasteiger partial charge in [0, 0.05) is 6.07 Å². The van der Waals surface area contributed by atoms with Gasteiger partial charge in [-0.3, -0.25) is 35.2 Å². The Morgan fingerprint density at radius 3 is 2.04 bits per heavy atom. The van der Waals surface area contributed by atoms with E-state index in [0.29, 0.717) is 0 Å². The molecule has 0 radical (unpaired) electrons. The van der Waals surface area contributed by atoms with Gasteiger partial charge in [-0.2, -0.15) is 5.10 Å². The number of anilines is 1. The Balaban J connectivity index is 3.09. The van der Waals surface area contributed by atoms with Gasteiger partial charge >= 0.3 is 17.6 Å². The molecule has 0 aromatic heterocycles. The number of carbonyl (C=O) groups excluding carboxylic acids is 2. The van der Waals surface area contributed by atoms with Crippen LogP contribution >= 0.6 is 0 Å². The fourth-order valence-electron chi connectivity index (χ4n) is 1.92. The molecule has 0 aliphatic carbocycles. The largest absolute Gasteiger partial charge is 0.466 e. The van der Waals surface area contributed by atoms with Crippen LogP contribution in [0, 0.1) is 20.2 Å². The van der Waals surface area contributed by atoms with Crippen LogP contribution in [0.5, 0.6) is 0 Å². The van der Waals surface area contributed by atoms with Crippen molar-refractivity contribution in [3.63, 3.8) is 0 Å². The van der Waals surface area contributed by atoms with Gasteiger partial charge in [-0.05, 0) is 19.9 Å². The molecular formula is C15H18N4O8. The van der Waals surface area contributed by atoms with Gasteiger partial charge < -0.3 is 9.47 Å². The molecule has 12 heteroatoms. The van der Waals surface area contributed by atoms with E-state index in [-0.39, 0.29) is 37.5 Å². The van der Waals surface area contributed by atoms with Crippen molar-refractivity contribution in [1.29, 1.82) is 0 Å². The summed E-state index contributed by atoms with van der Waals surface area (Å²) >= 11 is 0. The molecule has 1 aromatic carbocycles. The predicted octanol–water partition coefficient (Wildman–Crippen LogP) is 2.18. The van der Waals surface area contributed by atoms with Gasteiger partial charge in [0.2, 0.25) is 0 Å². The molecule has 27 heavy (non-hydrogen) atoms. The summed E-state index contributed by atoms with van der Waals surface area (Å²) in [5.41, 5.74) is 1.20. The average molecular weight is 382 g/mol. The average Bonchev–Trinajstić information content (AvgIpc) is 2.59. The van der Waals surface area contributed by atoms with Crippen molar-refractivity contribution in [2.24, 2.45) is 5.10 Å². The number of rotatable bonds is 10. The number of nitro groups is 2. The maximum atomic E-state index is 11.6. The van der Waals surface area contributed by atoms with E-state index < -0.39 is 33.2 Å². The molecule has 1 aromatic rings. The summed E-state index contributed by atoms with van der Waals surface area (Å²) in [5.74, 6) is -1.28. The van der Waals surface area contributed by atoms with Crippen LogP contribution in [0.2, 0.25) is 0 Å². The van der Waals surface area contributed by atoms with Gasteiger partial charge in [0.15, 0.2) is 0 Å². The highest BCUT2D eigenvalue weighted by Crippen LogP contribution is 2.29. The van der Waals surface area contributed by atoms with Crippen molar-refractivity contribution in [2.45, 2.75) is 26.7 Å². The van der Waals surface area contributed by atoms with Crippen molar-refractivity contribution >= 4 is 34.7 Å². The molecule has 0 saturated heterocycles. The van der Waals surface area contributed by atoms with Gasteiger partial charge in [0.1, 0.15) is 5.69 Å². The Hall–Kier alpha value is -3.57. The molecule has 1 rings (SSSR count). The first kappa shape index (κ1) is 21.5. The monoisotopic (exact) mass is 382 g/mol. The third kappa shape index (κ3) is 7.05. The number of benzene rings is 1. The minimum Gasteiger partial charge on any atom is -0.466 e. The quantitative estimate of drug-likeness (QED) is 0.276. The maximum absolute atomic E-state index is 11.6. The van der Waals surface area contributed by atoms with E-state index >= 15 is 0 Å². The molecule has 0 aliphatic rings. The summed E-state index contributed by atoms with van der Waals surface area (Å²) in [7, 11) is 0. The second-order valence-electron chi connectivity index (χ2n) is 4.97. The number of hydrogen-bond acceptors (Lipinski definition) is 10. The zero-order chi connectivity index (χ0) is 20.4. The molecule has 0 spiro atoms. The summed E-state index contributed by atoms with van der Waals surface area (Å²) in [5, 5.41) is 25.7. The summed E-state index contributed by atoms with van der Waals surface area (Å²) in [6, 6.07) is 2.93. The highest BCUT2D eigenvalue weighted by molar-refractivity contribution is 6.06. The minimum atomic E-state index is -0.818. The molecule has 0 atom stereocenters. The Morgan fingerprint density at radius 1 is 1.04 bits per heavy atom. The Labute approximate surface area is 153 Å². The van der Waals surface area contributed by atoms with E-state index in [4.69, 9.17) is 9.47 Å². The van der Waals surface area contributed by atoms with Crippen molar-refractivity contribution in [3.05, 3.63) is 38.4 Å². The van der Waals surface area contributed by atoms with Gasteiger partial charge in [-0.15, -0.1) is 0 Å². The zero-order valence-corrected chi connectivity index (χ0v) is 14.7. The molecule has 0 heterocycles. The lowest BCUT2D eigenvalue weighted by atomic mass is 10.2. The van der Waals surface area contributed by atoms with Gasteiger partial charge in [0.25, 0.3) is 5.69 Å². The minimum absolute atomic E-state index is 0.0274. The fraction of sp³-hybridized carbons (Fsp3) is 0.400. The van der Waals surface area contributed by atoms with Crippen molar-refractivity contribution in [1.82, 2.24) is 0 Å². The topological polar surface area (TPSA) is 163 Å². The number of nitrogens with one attached hydrogen (secondary N) is 1. The highest BCUT2D eigenvalue weighted by Gasteiger charge is 2.20. The normalized spacial score (nSPS) is 9.85. The number of nitrogens with zero attached hydrogens (tertiary/aromatic N) is 3. The Bertz CT molecular complexity index is 740. The summed E-state index contributed by atoms with van der Waals surface area (Å²) < 4.78 is 9.57. The lowest BCUT2D eigenvalue weighted by Gasteiger charge is -2.08. The van der Waals surface area contributed by atoms with Crippen LogP contribution in [0.3, 0.4) is 0 Å². The number of carbonyl (C=O) groups is 2. The number of hydrogen-bond donors (Lipinski definition) is 1. The number of non-ortho nitro benzene ring substituents is 1. The summed E-state index contributed by atoms with van der Waals surface area (Å²) in [6.07, 6.45) is -0.666. The molecule has 146 valence electrons. The van der Waals surface area contributed by atoms with Gasteiger partial charge in [-0.25, -0.2) is 0 Å². The van der Waals surface area contributed by atoms with Crippen LogP contribution in [-0.4, -0.2) is 40.7 Å². The molecule has 0 saturated carbocycles. The Morgan fingerprint density at radius 2 is 1.59 bits per heavy atom. The van der Waals surface area contributed by atoms with Crippen LogP contribution < -0.4 is 5.43 Å². The van der Waals surface area contributed by atoms with E-state index in [9.17, 15) is 29.8 Å². The predicted molar refractivity (Wildman–Crippen MR) is 93.3 cm³/mol. The van der Waals surface area contributed by atoms with E-state index in [1.165, 1.54) is 0 Å². The molecule has 0 fully saturated rings. The van der Waals surface area contributed by atoms with Gasteiger partial charge in [-0.1, -0.05) is 0 Å². The first-order valence-electron chi connectivity index (χ1n) is 7.84. The molecule has 0 amide bonds. The van der Waals surface area contributed by atoms with Crippen molar-refractivity contribution < 1.29 is 28.9 Å². The second kappa shape index (κ2) is 10.4. The molecule has 0 bridgehead atoms. The SMILES string of the molecule is CCOC(=O)CC(CC(=O)OCC)=NNc1ccc([N+](=O)[O-])cc1[N+](=O)[O-]. The van der Waals surface area contributed by atoms with Gasteiger partial charge in [0.05, 0.1) is 47.7 Å². The van der Waals surface area contributed by atoms with Crippen LogP contribution in [0.1, 0.15) is 26.7 Å². The molecule has 0 aliphatic heterocycles. The molecule has 0 unspecified atom stereocenters. The fourth-order valence-corrected chi connectivity index (χ4v) is 1.92. The van der Waals surface area contributed by atoms with Crippen molar-refractivity contribution in [2.75, 3.05) is 18.6 Å².